The van der Waals surface area contributed by atoms with Gasteiger partial charge in [-0.1, -0.05) is 6.92 Å². The van der Waals surface area contributed by atoms with Crippen molar-refractivity contribution in [3.8, 4) is 11.3 Å². The van der Waals surface area contributed by atoms with E-state index in [0.29, 0.717) is 18.4 Å². The number of nitrogens with two attached hydrogens (primary N) is 1. The predicted molar refractivity (Wildman–Crippen MR) is 144 cm³/mol. The van der Waals surface area contributed by atoms with Crippen LogP contribution in [0.15, 0.2) is 42.7 Å². The molecule has 1 aliphatic heterocycles. The lowest BCUT2D eigenvalue weighted by molar-refractivity contribution is -0.0464. The molecule has 6 nitrogen and oxygen atoms in total. The van der Waals surface area contributed by atoms with Gasteiger partial charge in [-0.3, -0.25) is 9.78 Å². The van der Waals surface area contributed by atoms with E-state index >= 15 is 13.2 Å². The average molecular weight is 572 g/mol. The summed E-state index contributed by atoms with van der Waals surface area (Å²) in [7, 11) is 0. The zero-order valence-corrected chi connectivity index (χ0v) is 23.0. The summed E-state index contributed by atoms with van der Waals surface area (Å²) in [5.41, 5.74) is 3.01. The lowest BCUT2D eigenvalue weighted by atomic mass is 9.67. The second-order valence-electron chi connectivity index (χ2n) is 11.5. The number of halogens is 4. The van der Waals surface area contributed by atoms with Gasteiger partial charge in [0.15, 0.2) is 5.78 Å². The molecule has 0 radical (unpaired) electrons. The Morgan fingerprint density at radius 2 is 1.78 bits per heavy atom. The Balaban J connectivity index is 1.42. The van der Waals surface area contributed by atoms with E-state index in [1.165, 1.54) is 0 Å². The number of ether oxygens (including phenoxy) is 1. The highest BCUT2D eigenvalue weighted by molar-refractivity contribution is 5.96. The van der Waals surface area contributed by atoms with Gasteiger partial charge in [0.25, 0.3) is 0 Å². The monoisotopic (exact) mass is 571 g/mol. The van der Waals surface area contributed by atoms with Gasteiger partial charge in [-0.15, -0.1) is 0 Å². The number of nitrogens with zero attached hydrogens (tertiary/aromatic N) is 2. The lowest BCUT2D eigenvalue weighted by Gasteiger charge is -2.44. The SMILES string of the molecule is C[C@H]1C[C@@H](c2ccncc2CC(=O)c2ccc(F)c(-c3c(F)cc(C4(F)CCOCC4)cc3F)n2)C[C@@H](N)[C@]1(C)O. The summed E-state index contributed by atoms with van der Waals surface area (Å²) in [5, 5.41) is 10.7. The first-order chi connectivity index (χ1) is 19.4. The number of hydrogen-bond acceptors (Lipinski definition) is 6. The highest BCUT2D eigenvalue weighted by atomic mass is 19.1. The van der Waals surface area contributed by atoms with Crippen LogP contribution in [0.1, 0.15) is 72.6 Å². The summed E-state index contributed by atoms with van der Waals surface area (Å²) in [6.07, 6.45) is 4.13. The van der Waals surface area contributed by atoms with Crippen LogP contribution in [0.4, 0.5) is 17.6 Å². The first-order valence-corrected chi connectivity index (χ1v) is 13.8. The molecule has 3 N–H and O–H groups in total. The van der Waals surface area contributed by atoms with Crippen molar-refractivity contribution < 1.29 is 32.2 Å². The van der Waals surface area contributed by atoms with Crippen molar-refractivity contribution in [2.45, 2.75) is 69.2 Å². The van der Waals surface area contributed by atoms with E-state index in [-0.39, 0.29) is 55.6 Å². The van der Waals surface area contributed by atoms with Crippen LogP contribution in [-0.4, -0.2) is 45.7 Å². The molecule has 3 heterocycles. The Morgan fingerprint density at radius 1 is 1.10 bits per heavy atom. The quantitative estimate of drug-likeness (QED) is 0.297. The maximum atomic E-state index is 15.3. The maximum Gasteiger partial charge on any atom is 0.185 e. The van der Waals surface area contributed by atoms with E-state index < -0.39 is 51.8 Å². The number of Topliss-reactive ketones (excluding diaryl/α,β-unsaturated/α-hetero) is 1. The van der Waals surface area contributed by atoms with E-state index in [9.17, 15) is 14.3 Å². The zero-order valence-electron chi connectivity index (χ0n) is 23.0. The summed E-state index contributed by atoms with van der Waals surface area (Å²) >= 11 is 0. The normalized spacial score (nSPS) is 26.1. The molecular formula is C31H33F4N3O3. The van der Waals surface area contributed by atoms with E-state index in [4.69, 9.17) is 10.5 Å². The molecule has 10 heteroatoms. The Morgan fingerprint density at radius 3 is 2.44 bits per heavy atom. The fraction of sp³-hybridized carbons (Fsp3) is 0.452. The van der Waals surface area contributed by atoms with Crippen molar-refractivity contribution >= 4 is 5.78 Å². The van der Waals surface area contributed by atoms with E-state index in [2.05, 4.69) is 9.97 Å². The van der Waals surface area contributed by atoms with Gasteiger partial charge in [0.1, 0.15) is 34.5 Å². The standard InChI is InChI=1S/C31H33F4N3O3/c1-17-11-18(13-27(36)30(17,2)40)21-5-8-37-16-19(21)12-26(39)25-4-3-22(32)29(38-25)28-23(33)14-20(15-24(28)34)31(35)6-9-41-10-7-31/h3-5,8,14-18,27,40H,6-7,9-13,36H2,1-2H3/t17-,18+,27+,30+/m0/s1. The molecule has 5 rings (SSSR count). The Hall–Kier alpha value is -3.21. The van der Waals surface area contributed by atoms with Crippen LogP contribution >= 0.6 is 0 Å². The topological polar surface area (TPSA) is 98.3 Å². The number of rotatable bonds is 6. The highest BCUT2D eigenvalue weighted by Crippen LogP contribution is 2.42. The zero-order chi connectivity index (χ0) is 29.5. The van der Waals surface area contributed by atoms with Gasteiger partial charge >= 0.3 is 0 Å². The number of ketones is 1. The van der Waals surface area contributed by atoms with Crippen LogP contribution in [0.2, 0.25) is 0 Å². The smallest absolute Gasteiger partial charge is 0.185 e. The largest absolute Gasteiger partial charge is 0.388 e. The van der Waals surface area contributed by atoms with Gasteiger partial charge in [0, 0.05) is 50.9 Å². The Kier molecular flexibility index (Phi) is 8.02. The molecule has 1 saturated heterocycles. The molecule has 2 aliphatic rings. The summed E-state index contributed by atoms with van der Waals surface area (Å²) in [6.45, 7) is 3.90. The lowest BCUT2D eigenvalue weighted by Crippen LogP contribution is -2.54. The van der Waals surface area contributed by atoms with Gasteiger partial charge in [0.05, 0.1) is 11.2 Å². The predicted octanol–water partition coefficient (Wildman–Crippen LogP) is 5.55. The number of pyridine rings is 2. The third kappa shape index (κ3) is 5.65. The number of hydrogen-bond donors (Lipinski definition) is 2. The van der Waals surface area contributed by atoms with Crippen LogP contribution in [0.5, 0.6) is 0 Å². The third-order valence-corrected chi connectivity index (χ3v) is 8.87. The fourth-order valence-corrected chi connectivity index (χ4v) is 5.99. The van der Waals surface area contributed by atoms with Gasteiger partial charge in [0.2, 0.25) is 0 Å². The summed E-state index contributed by atoms with van der Waals surface area (Å²) in [4.78, 5) is 21.5. The minimum atomic E-state index is -1.96. The van der Waals surface area contributed by atoms with Gasteiger partial charge in [-0.05, 0) is 78.6 Å². The average Bonchev–Trinajstić information content (AvgIpc) is 2.93. The van der Waals surface area contributed by atoms with Gasteiger partial charge in [-0.2, -0.15) is 0 Å². The molecule has 3 aromatic rings. The van der Waals surface area contributed by atoms with Crippen molar-refractivity contribution in [3.63, 3.8) is 0 Å². The van der Waals surface area contributed by atoms with Crippen LogP contribution in [0.25, 0.3) is 11.3 Å². The van der Waals surface area contributed by atoms with E-state index in [1.54, 1.807) is 19.3 Å². The molecule has 0 bridgehead atoms. The van der Waals surface area contributed by atoms with Crippen LogP contribution in [-0.2, 0) is 16.8 Å². The number of alkyl halides is 1. The van der Waals surface area contributed by atoms with Gasteiger partial charge in [-0.25, -0.2) is 22.5 Å². The number of carbonyl (C=O) groups excluding carboxylic acids is 1. The number of aromatic nitrogens is 2. The molecular weight excluding hydrogens is 538 g/mol. The number of aliphatic hydroxyl groups is 1. The van der Waals surface area contributed by atoms with E-state index in [1.807, 2.05) is 13.0 Å². The number of carbonyl (C=O) groups is 1. The summed E-state index contributed by atoms with van der Waals surface area (Å²) in [5.74, 6) is -3.96. The molecule has 0 unspecified atom stereocenters. The minimum absolute atomic E-state index is 0.0148. The van der Waals surface area contributed by atoms with E-state index in [0.717, 1.165) is 29.8 Å². The molecule has 0 amide bonds. The van der Waals surface area contributed by atoms with Crippen LogP contribution in [0.3, 0.4) is 0 Å². The molecule has 2 fully saturated rings. The summed E-state index contributed by atoms with van der Waals surface area (Å²) in [6, 6.07) is 5.17. The maximum absolute atomic E-state index is 15.3. The minimum Gasteiger partial charge on any atom is -0.388 e. The van der Waals surface area contributed by atoms with Crippen LogP contribution in [0, 0.1) is 23.4 Å². The third-order valence-electron chi connectivity index (χ3n) is 8.87. The summed E-state index contributed by atoms with van der Waals surface area (Å²) < 4.78 is 65.7. The molecule has 41 heavy (non-hydrogen) atoms. The fourth-order valence-electron chi connectivity index (χ4n) is 5.99. The van der Waals surface area contributed by atoms with Crippen molar-refractivity contribution in [2.24, 2.45) is 11.7 Å². The van der Waals surface area contributed by atoms with Crippen molar-refractivity contribution in [1.29, 1.82) is 0 Å². The highest BCUT2D eigenvalue weighted by Gasteiger charge is 2.42. The number of benzene rings is 1. The molecule has 4 atom stereocenters. The second-order valence-corrected chi connectivity index (χ2v) is 11.5. The molecule has 1 saturated carbocycles. The molecule has 218 valence electrons. The van der Waals surface area contributed by atoms with Crippen molar-refractivity contribution in [3.05, 3.63) is 82.6 Å². The Labute approximate surface area is 236 Å². The van der Waals surface area contributed by atoms with Crippen molar-refractivity contribution in [1.82, 2.24) is 9.97 Å². The second kappa shape index (κ2) is 11.2. The molecule has 0 spiro atoms. The Bertz CT molecular complexity index is 1420. The first kappa shape index (κ1) is 29.3. The molecule has 1 aromatic carbocycles. The molecule has 1 aliphatic carbocycles. The first-order valence-electron chi connectivity index (χ1n) is 13.8. The molecule has 2 aromatic heterocycles. The van der Waals surface area contributed by atoms with Crippen LogP contribution < -0.4 is 5.73 Å². The van der Waals surface area contributed by atoms with Gasteiger partial charge < -0.3 is 15.6 Å². The van der Waals surface area contributed by atoms with Crippen molar-refractivity contribution in [2.75, 3.05) is 13.2 Å².